The molecule has 1 amide bonds. The lowest BCUT2D eigenvalue weighted by molar-refractivity contribution is -0.291. The largest absolute Gasteiger partial charge is 0.459 e. The lowest BCUT2D eigenvalue weighted by Gasteiger charge is -2.20. The van der Waals surface area contributed by atoms with Gasteiger partial charge in [-0.05, 0) is 31.7 Å². The van der Waals surface area contributed by atoms with Crippen LogP contribution in [-0.4, -0.2) is 49.9 Å². The molecule has 3 heterocycles. The molecule has 0 unspecified atom stereocenters. The molecule has 2 aromatic rings. The second-order valence-electron chi connectivity index (χ2n) is 6.93. The number of carbonyl (C=O) groups is 1. The first-order valence-electron chi connectivity index (χ1n) is 8.82. The minimum Gasteiger partial charge on any atom is -0.324 e. The van der Waals surface area contributed by atoms with Crippen LogP contribution >= 0.6 is 0 Å². The highest BCUT2D eigenvalue weighted by Gasteiger charge is 2.60. The van der Waals surface area contributed by atoms with Crippen LogP contribution < -0.4 is 5.76 Å². The summed E-state index contributed by atoms with van der Waals surface area (Å²) < 4.78 is 71.4. The SMILES string of the molecule is O=C(N1CCCC1)n1c(-c2cc(C(F)(F)C(F)(F)F)nc(C3CC3)n2)noc1=O. The molecule has 29 heavy (non-hydrogen) atoms. The maximum Gasteiger partial charge on any atom is 0.459 e. The van der Waals surface area contributed by atoms with Crippen LogP contribution in [0.25, 0.3) is 11.5 Å². The van der Waals surface area contributed by atoms with Crippen LogP contribution in [-0.2, 0) is 5.92 Å². The molecule has 8 nitrogen and oxygen atoms in total. The Morgan fingerprint density at radius 1 is 1.10 bits per heavy atom. The third-order valence-corrected chi connectivity index (χ3v) is 4.77. The number of carbonyl (C=O) groups excluding carboxylic acids is 1. The molecule has 1 aliphatic carbocycles. The third-order valence-electron chi connectivity index (χ3n) is 4.77. The molecule has 2 aliphatic rings. The summed E-state index contributed by atoms with van der Waals surface area (Å²) in [5.74, 6) is -7.58. The molecule has 0 aromatic carbocycles. The molecule has 156 valence electrons. The zero-order chi connectivity index (χ0) is 21.0. The molecule has 1 aliphatic heterocycles. The molecular weight excluding hydrogens is 405 g/mol. The van der Waals surface area contributed by atoms with Gasteiger partial charge in [-0.2, -0.15) is 26.5 Å². The topological polar surface area (TPSA) is 94.1 Å². The first-order chi connectivity index (χ1) is 13.6. The van der Waals surface area contributed by atoms with Crippen molar-refractivity contribution >= 4 is 6.03 Å². The Labute approximate surface area is 159 Å². The van der Waals surface area contributed by atoms with Crippen molar-refractivity contribution in [2.24, 2.45) is 0 Å². The van der Waals surface area contributed by atoms with E-state index in [0.29, 0.717) is 49.4 Å². The van der Waals surface area contributed by atoms with Gasteiger partial charge in [0.2, 0.25) is 5.82 Å². The fraction of sp³-hybridized carbons (Fsp3) is 0.562. The Balaban J connectivity index is 1.84. The average molecular weight is 419 g/mol. The zero-order valence-corrected chi connectivity index (χ0v) is 14.7. The van der Waals surface area contributed by atoms with Gasteiger partial charge in [-0.3, -0.25) is 4.52 Å². The first kappa shape index (κ1) is 19.5. The van der Waals surface area contributed by atoms with Gasteiger partial charge < -0.3 is 4.90 Å². The first-order valence-corrected chi connectivity index (χ1v) is 8.82. The maximum atomic E-state index is 13.9. The summed E-state index contributed by atoms with van der Waals surface area (Å²) in [5.41, 5.74) is -2.09. The van der Waals surface area contributed by atoms with Crippen molar-refractivity contribution in [3.8, 4) is 11.5 Å². The van der Waals surface area contributed by atoms with Crippen LogP contribution in [0.5, 0.6) is 0 Å². The van der Waals surface area contributed by atoms with Crippen LogP contribution in [0.4, 0.5) is 26.7 Å². The molecule has 0 radical (unpaired) electrons. The van der Waals surface area contributed by atoms with Crippen molar-refractivity contribution in [1.29, 1.82) is 0 Å². The molecule has 0 spiro atoms. The predicted molar refractivity (Wildman–Crippen MR) is 85.3 cm³/mol. The maximum absolute atomic E-state index is 13.9. The number of amides is 1. The Kier molecular flexibility index (Phi) is 4.42. The number of alkyl halides is 5. The van der Waals surface area contributed by atoms with E-state index < -0.39 is 41.1 Å². The van der Waals surface area contributed by atoms with Gasteiger partial charge in [-0.1, -0.05) is 5.16 Å². The second kappa shape index (κ2) is 6.59. The Morgan fingerprint density at radius 2 is 1.76 bits per heavy atom. The summed E-state index contributed by atoms with van der Waals surface area (Å²) in [7, 11) is 0. The van der Waals surface area contributed by atoms with Gasteiger partial charge >= 0.3 is 23.9 Å². The quantitative estimate of drug-likeness (QED) is 0.711. The number of hydrogen-bond acceptors (Lipinski definition) is 6. The van der Waals surface area contributed by atoms with E-state index in [2.05, 4.69) is 19.6 Å². The smallest absolute Gasteiger partial charge is 0.324 e. The minimum atomic E-state index is -5.88. The van der Waals surface area contributed by atoms with Gasteiger partial charge in [0.15, 0.2) is 0 Å². The van der Waals surface area contributed by atoms with Crippen molar-refractivity contribution < 1.29 is 31.3 Å². The van der Waals surface area contributed by atoms with Gasteiger partial charge in [0.05, 0.1) is 0 Å². The highest BCUT2D eigenvalue weighted by molar-refractivity contribution is 5.80. The average Bonchev–Trinajstić information content (AvgIpc) is 3.22. The summed E-state index contributed by atoms with van der Waals surface area (Å²) >= 11 is 0. The van der Waals surface area contributed by atoms with Gasteiger partial charge in [0, 0.05) is 19.0 Å². The van der Waals surface area contributed by atoms with Crippen molar-refractivity contribution in [2.45, 2.75) is 43.7 Å². The fourth-order valence-electron chi connectivity index (χ4n) is 3.04. The summed E-state index contributed by atoms with van der Waals surface area (Å²) in [4.78, 5) is 33.3. The third kappa shape index (κ3) is 3.38. The van der Waals surface area contributed by atoms with E-state index in [1.165, 1.54) is 4.90 Å². The molecule has 4 rings (SSSR count). The molecular formula is C16H14F5N5O3. The van der Waals surface area contributed by atoms with E-state index in [1.807, 2.05) is 0 Å². The van der Waals surface area contributed by atoms with Gasteiger partial charge in [-0.15, -0.1) is 0 Å². The van der Waals surface area contributed by atoms with E-state index >= 15 is 0 Å². The molecule has 0 atom stereocenters. The Bertz CT molecular complexity index is 1010. The van der Waals surface area contributed by atoms with E-state index in [9.17, 15) is 31.5 Å². The summed E-state index contributed by atoms with van der Waals surface area (Å²) in [5, 5.41) is 3.40. The molecule has 13 heteroatoms. The highest BCUT2D eigenvalue weighted by atomic mass is 19.4. The van der Waals surface area contributed by atoms with Crippen molar-refractivity contribution in [3.05, 3.63) is 28.1 Å². The molecule has 1 saturated heterocycles. The number of halogens is 5. The summed E-state index contributed by atoms with van der Waals surface area (Å²) in [6.45, 7) is 0.731. The van der Waals surface area contributed by atoms with E-state index in [1.54, 1.807) is 0 Å². The second-order valence-corrected chi connectivity index (χ2v) is 6.93. The molecule has 0 N–H and O–H groups in total. The summed E-state index contributed by atoms with van der Waals surface area (Å²) in [6.07, 6.45) is -3.41. The van der Waals surface area contributed by atoms with Gasteiger partial charge in [-0.25, -0.2) is 19.6 Å². The predicted octanol–water partition coefficient (Wildman–Crippen LogP) is 2.89. The minimum absolute atomic E-state index is 0.225. The standard InChI is InChI=1S/C16H14F5N5O3/c17-15(18,16(19,20)21)10-7-9(22-11(23-10)8-3-4-8)12-24-29-14(28)26(12)13(27)25-5-1-2-6-25/h7-8H,1-6H2. The molecule has 2 fully saturated rings. The Morgan fingerprint density at radius 3 is 2.34 bits per heavy atom. The fourth-order valence-corrected chi connectivity index (χ4v) is 3.04. The number of aromatic nitrogens is 4. The van der Waals surface area contributed by atoms with Crippen LogP contribution in [0.15, 0.2) is 15.4 Å². The van der Waals surface area contributed by atoms with Gasteiger partial charge in [0.25, 0.3) is 0 Å². The summed E-state index contributed by atoms with van der Waals surface area (Å²) in [6, 6.07) is -0.427. The highest BCUT2D eigenvalue weighted by Crippen LogP contribution is 2.45. The van der Waals surface area contributed by atoms with E-state index in [0.717, 1.165) is 0 Å². The number of hydrogen-bond donors (Lipinski definition) is 0. The normalized spacial score (nSPS) is 17.8. The van der Waals surface area contributed by atoms with Crippen molar-refractivity contribution in [2.75, 3.05) is 13.1 Å². The Hall–Kier alpha value is -2.86. The van der Waals surface area contributed by atoms with Crippen LogP contribution in [0.1, 0.15) is 43.1 Å². The molecule has 0 bridgehead atoms. The van der Waals surface area contributed by atoms with Crippen LogP contribution in [0.3, 0.4) is 0 Å². The zero-order valence-electron chi connectivity index (χ0n) is 14.7. The number of rotatable bonds is 3. The molecule has 1 saturated carbocycles. The van der Waals surface area contributed by atoms with Gasteiger partial charge in [0.1, 0.15) is 17.2 Å². The van der Waals surface area contributed by atoms with Crippen LogP contribution in [0.2, 0.25) is 0 Å². The van der Waals surface area contributed by atoms with Crippen molar-refractivity contribution in [1.82, 2.24) is 24.6 Å². The van der Waals surface area contributed by atoms with E-state index in [4.69, 9.17) is 0 Å². The lowest BCUT2D eigenvalue weighted by atomic mass is 10.1. The van der Waals surface area contributed by atoms with E-state index in [-0.39, 0.29) is 11.7 Å². The monoisotopic (exact) mass is 419 g/mol. The molecule has 2 aromatic heterocycles. The number of likely N-dealkylation sites (tertiary alicyclic amines) is 1. The lowest BCUT2D eigenvalue weighted by Crippen LogP contribution is -2.37. The van der Waals surface area contributed by atoms with Crippen molar-refractivity contribution in [3.63, 3.8) is 0 Å². The number of nitrogens with zero attached hydrogens (tertiary/aromatic N) is 5. The van der Waals surface area contributed by atoms with Crippen LogP contribution in [0, 0.1) is 0 Å².